The van der Waals surface area contributed by atoms with E-state index < -0.39 is 0 Å². The van der Waals surface area contributed by atoms with Crippen LogP contribution in [0.3, 0.4) is 0 Å². The predicted molar refractivity (Wildman–Crippen MR) is 90.3 cm³/mol. The van der Waals surface area contributed by atoms with Gasteiger partial charge in [-0.05, 0) is 36.5 Å². The summed E-state index contributed by atoms with van der Waals surface area (Å²) in [4.78, 5) is 22.9. The van der Waals surface area contributed by atoms with Gasteiger partial charge in [-0.25, -0.2) is 0 Å². The van der Waals surface area contributed by atoms with Gasteiger partial charge in [-0.2, -0.15) is 0 Å². The molecule has 1 amide bonds. The lowest BCUT2D eigenvalue weighted by Gasteiger charge is -2.32. The maximum Gasteiger partial charge on any atom is 0.253 e. The van der Waals surface area contributed by atoms with Crippen LogP contribution in [0.1, 0.15) is 35.7 Å². The van der Waals surface area contributed by atoms with Gasteiger partial charge in [0, 0.05) is 38.2 Å². The summed E-state index contributed by atoms with van der Waals surface area (Å²) in [6.07, 6.45) is 9.32. The van der Waals surface area contributed by atoms with Crippen LogP contribution in [0.25, 0.3) is 0 Å². The molecule has 0 spiro atoms. The molecule has 0 unspecified atom stereocenters. The number of aromatic nitrogens is 2. The molecule has 0 saturated carbocycles. The Kier molecular flexibility index (Phi) is 4.86. The molecule has 0 aliphatic carbocycles. The molecule has 5 nitrogen and oxygen atoms in total. The van der Waals surface area contributed by atoms with Crippen molar-refractivity contribution in [2.75, 3.05) is 18.0 Å². The van der Waals surface area contributed by atoms with Crippen LogP contribution >= 0.6 is 0 Å². The fraction of sp³-hybridized carbons (Fsp3) is 0.389. The minimum absolute atomic E-state index is 0.103. The lowest BCUT2D eigenvalue weighted by atomic mass is 9.99. The molecule has 1 saturated heterocycles. The first-order valence-corrected chi connectivity index (χ1v) is 8.09. The molecule has 0 aromatic carbocycles. The van der Waals surface area contributed by atoms with Crippen LogP contribution in [0.4, 0.5) is 5.69 Å². The van der Waals surface area contributed by atoms with Crippen molar-refractivity contribution in [3.05, 3.63) is 54.1 Å². The summed E-state index contributed by atoms with van der Waals surface area (Å²) in [6.45, 7) is 4.82. The molecule has 23 heavy (non-hydrogen) atoms. The summed E-state index contributed by atoms with van der Waals surface area (Å²) >= 11 is 0. The molecular weight excluding hydrogens is 288 g/mol. The highest BCUT2D eigenvalue weighted by Gasteiger charge is 2.17. The predicted octanol–water partition coefficient (Wildman–Crippen LogP) is 2.64. The van der Waals surface area contributed by atoms with Crippen molar-refractivity contribution in [2.45, 2.75) is 26.3 Å². The van der Waals surface area contributed by atoms with Crippen LogP contribution in [0.15, 0.2) is 43.0 Å². The quantitative estimate of drug-likeness (QED) is 0.943. The number of hydrogen-bond acceptors (Lipinski definition) is 4. The number of carbonyl (C=O) groups excluding carboxylic acids is 1. The van der Waals surface area contributed by atoms with Gasteiger partial charge < -0.3 is 10.2 Å². The van der Waals surface area contributed by atoms with Crippen molar-refractivity contribution in [1.29, 1.82) is 0 Å². The van der Waals surface area contributed by atoms with Crippen molar-refractivity contribution in [3.63, 3.8) is 0 Å². The topological polar surface area (TPSA) is 58.1 Å². The SMILES string of the molecule is CC1CCN(c2cncc(C(=O)NCc3cccnc3)c2)CC1. The number of pyridine rings is 2. The summed E-state index contributed by atoms with van der Waals surface area (Å²) < 4.78 is 0. The molecule has 0 bridgehead atoms. The average molecular weight is 310 g/mol. The van der Waals surface area contributed by atoms with E-state index in [2.05, 4.69) is 27.1 Å². The van der Waals surface area contributed by atoms with Crippen molar-refractivity contribution < 1.29 is 4.79 Å². The molecule has 3 rings (SSSR count). The molecule has 1 aliphatic heterocycles. The van der Waals surface area contributed by atoms with E-state index >= 15 is 0 Å². The third-order valence-electron chi connectivity index (χ3n) is 4.31. The number of hydrogen-bond donors (Lipinski definition) is 1. The molecule has 0 atom stereocenters. The first-order valence-electron chi connectivity index (χ1n) is 8.09. The zero-order valence-electron chi connectivity index (χ0n) is 13.4. The van der Waals surface area contributed by atoms with Gasteiger partial charge in [0.15, 0.2) is 0 Å². The third kappa shape index (κ3) is 4.06. The highest BCUT2D eigenvalue weighted by molar-refractivity contribution is 5.94. The van der Waals surface area contributed by atoms with Crippen LogP contribution in [-0.2, 0) is 6.54 Å². The van der Waals surface area contributed by atoms with Crippen LogP contribution in [0.5, 0.6) is 0 Å². The van der Waals surface area contributed by atoms with Crippen molar-refractivity contribution >= 4 is 11.6 Å². The maximum atomic E-state index is 12.3. The summed E-state index contributed by atoms with van der Waals surface area (Å²) in [7, 11) is 0. The van der Waals surface area contributed by atoms with Crippen LogP contribution in [0, 0.1) is 5.92 Å². The van der Waals surface area contributed by atoms with E-state index in [0.717, 1.165) is 30.3 Å². The third-order valence-corrected chi connectivity index (χ3v) is 4.31. The molecule has 0 radical (unpaired) electrons. The second kappa shape index (κ2) is 7.22. The zero-order valence-corrected chi connectivity index (χ0v) is 13.4. The number of carbonyl (C=O) groups is 1. The molecule has 120 valence electrons. The first-order chi connectivity index (χ1) is 11.2. The van der Waals surface area contributed by atoms with E-state index in [-0.39, 0.29) is 5.91 Å². The Bertz CT molecular complexity index is 651. The summed E-state index contributed by atoms with van der Waals surface area (Å²) in [5, 5.41) is 2.91. The van der Waals surface area contributed by atoms with Gasteiger partial charge in [-0.15, -0.1) is 0 Å². The number of rotatable bonds is 4. The Balaban J connectivity index is 1.63. The second-order valence-electron chi connectivity index (χ2n) is 6.15. The van der Waals surface area contributed by atoms with Gasteiger partial charge in [0.25, 0.3) is 5.91 Å². The van der Waals surface area contributed by atoms with Crippen molar-refractivity contribution in [2.24, 2.45) is 5.92 Å². The second-order valence-corrected chi connectivity index (χ2v) is 6.15. The summed E-state index contributed by atoms with van der Waals surface area (Å²) in [6, 6.07) is 5.74. The van der Waals surface area contributed by atoms with Gasteiger partial charge in [0.1, 0.15) is 0 Å². The minimum Gasteiger partial charge on any atom is -0.370 e. The molecular formula is C18H22N4O. The monoisotopic (exact) mass is 310 g/mol. The Morgan fingerprint density at radius 3 is 2.83 bits per heavy atom. The van der Waals surface area contributed by atoms with Crippen LogP contribution in [0.2, 0.25) is 0 Å². The van der Waals surface area contributed by atoms with E-state index in [0.29, 0.717) is 12.1 Å². The molecule has 1 N–H and O–H groups in total. The van der Waals surface area contributed by atoms with Gasteiger partial charge >= 0.3 is 0 Å². The Morgan fingerprint density at radius 2 is 2.09 bits per heavy atom. The lowest BCUT2D eigenvalue weighted by Crippen LogP contribution is -2.33. The normalized spacial score (nSPS) is 15.4. The summed E-state index contributed by atoms with van der Waals surface area (Å²) in [5.74, 6) is 0.679. The Hall–Kier alpha value is -2.43. The number of anilines is 1. The highest BCUT2D eigenvalue weighted by Crippen LogP contribution is 2.22. The zero-order chi connectivity index (χ0) is 16.1. The number of piperidine rings is 1. The molecule has 1 fully saturated rings. The van der Waals surface area contributed by atoms with Crippen LogP contribution in [-0.4, -0.2) is 29.0 Å². The summed E-state index contributed by atoms with van der Waals surface area (Å²) in [5.41, 5.74) is 2.62. The van der Waals surface area contributed by atoms with E-state index in [4.69, 9.17) is 0 Å². The van der Waals surface area contributed by atoms with Crippen molar-refractivity contribution in [1.82, 2.24) is 15.3 Å². The maximum absolute atomic E-state index is 12.3. The lowest BCUT2D eigenvalue weighted by molar-refractivity contribution is 0.0950. The van der Waals surface area contributed by atoms with Gasteiger partial charge in [0.05, 0.1) is 17.4 Å². The van der Waals surface area contributed by atoms with E-state index in [9.17, 15) is 4.79 Å². The van der Waals surface area contributed by atoms with E-state index in [1.54, 1.807) is 18.6 Å². The standard InChI is InChI=1S/C18H22N4O/c1-14-4-7-22(8-5-14)17-9-16(12-20-13-17)18(23)21-11-15-3-2-6-19-10-15/h2-3,6,9-10,12-14H,4-5,7-8,11H2,1H3,(H,21,23). The molecule has 5 heteroatoms. The number of nitrogens with zero attached hydrogens (tertiary/aromatic N) is 3. The van der Waals surface area contributed by atoms with Gasteiger partial charge in [-0.1, -0.05) is 13.0 Å². The Labute approximate surface area is 136 Å². The highest BCUT2D eigenvalue weighted by atomic mass is 16.1. The largest absolute Gasteiger partial charge is 0.370 e. The van der Waals surface area contributed by atoms with Crippen molar-refractivity contribution in [3.8, 4) is 0 Å². The first kappa shape index (κ1) is 15.5. The van der Waals surface area contributed by atoms with Gasteiger partial charge in [0.2, 0.25) is 0 Å². The minimum atomic E-state index is -0.103. The van der Waals surface area contributed by atoms with E-state index in [1.165, 1.54) is 12.8 Å². The van der Waals surface area contributed by atoms with E-state index in [1.807, 2.05) is 24.4 Å². The molecule has 3 heterocycles. The van der Waals surface area contributed by atoms with Crippen LogP contribution < -0.4 is 10.2 Å². The number of amides is 1. The fourth-order valence-electron chi connectivity index (χ4n) is 2.78. The Morgan fingerprint density at radius 1 is 1.26 bits per heavy atom. The molecule has 1 aliphatic rings. The number of nitrogens with one attached hydrogen (secondary N) is 1. The molecule has 2 aromatic heterocycles. The molecule has 2 aromatic rings. The fourth-order valence-corrected chi connectivity index (χ4v) is 2.78. The smallest absolute Gasteiger partial charge is 0.253 e. The van der Waals surface area contributed by atoms with Gasteiger partial charge in [-0.3, -0.25) is 14.8 Å². The average Bonchev–Trinajstić information content (AvgIpc) is 2.61.